The zero-order valence-corrected chi connectivity index (χ0v) is 18.0. The highest BCUT2D eigenvalue weighted by Crippen LogP contribution is 2.29. The van der Waals surface area contributed by atoms with E-state index < -0.39 is 11.7 Å². The van der Waals surface area contributed by atoms with Crippen LogP contribution in [0.3, 0.4) is 0 Å². The second kappa shape index (κ2) is 8.35. The first-order valence-corrected chi connectivity index (χ1v) is 10.1. The summed E-state index contributed by atoms with van der Waals surface area (Å²) in [5.74, 6) is 0.490. The molecule has 1 aliphatic heterocycles. The van der Waals surface area contributed by atoms with Gasteiger partial charge in [0.15, 0.2) is 0 Å². The van der Waals surface area contributed by atoms with E-state index >= 15 is 0 Å². The minimum atomic E-state index is -0.555. The lowest BCUT2D eigenvalue weighted by Gasteiger charge is -2.28. The van der Waals surface area contributed by atoms with Crippen molar-refractivity contribution in [2.45, 2.75) is 39.0 Å². The van der Waals surface area contributed by atoms with Crippen molar-refractivity contribution in [2.24, 2.45) is 7.05 Å². The Bertz CT molecular complexity index is 1090. The first-order valence-electron chi connectivity index (χ1n) is 10.1. The highest BCUT2D eigenvalue weighted by Gasteiger charge is 2.25. The van der Waals surface area contributed by atoms with Gasteiger partial charge in [-0.1, -0.05) is 12.1 Å². The molecule has 162 valence electrons. The van der Waals surface area contributed by atoms with Crippen LogP contribution in [0, 0.1) is 0 Å². The number of nitrogens with zero attached hydrogens (tertiary/aromatic N) is 4. The largest absolute Gasteiger partial charge is 0.444 e. The lowest BCUT2D eigenvalue weighted by Crippen LogP contribution is -2.38. The van der Waals surface area contributed by atoms with Gasteiger partial charge in [0.1, 0.15) is 5.60 Å². The van der Waals surface area contributed by atoms with Crippen molar-refractivity contribution >= 4 is 17.7 Å². The fourth-order valence-corrected chi connectivity index (χ4v) is 3.37. The molecule has 1 aromatic carbocycles. The Morgan fingerprint density at radius 2 is 2.13 bits per heavy atom. The molecule has 0 spiro atoms. The van der Waals surface area contributed by atoms with Gasteiger partial charge in [-0.3, -0.25) is 4.68 Å². The van der Waals surface area contributed by atoms with Crippen molar-refractivity contribution in [3.8, 4) is 11.3 Å². The summed E-state index contributed by atoms with van der Waals surface area (Å²) in [5.41, 5.74) is 4.01. The molecule has 2 aromatic heterocycles. The molecule has 1 aliphatic rings. The quantitative estimate of drug-likeness (QED) is 0.660. The predicted octanol–water partition coefficient (Wildman–Crippen LogP) is 3.72. The van der Waals surface area contributed by atoms with Gasteiger partial charge < -0.3 is 20.1 Å². The number of amides is 1. The number of hydrogen-bond donors (Lipinski definition) is 2. The van der Waals surface area contributed by atoms with E-state index in [9.17, 15) is 4.79 Å². The molecule has 4 rings (SSSR count). The molecule has 9 heteroatoms. The van der Waals surface area contributed by atoms with Crippen LogP contribution in [0.5, 0.6) is 0 Å². The zero-order chi connectivity index (χ0) is 22.0. The van der Waals surface area contributed by atoms with Crippen LogP contribution in [0.2, 0.25) is 0 Å². The molecule has 0 radical (unpaired) electrons. The van der Waals surface area contributed by atoms with Gasteiger partial charge in [-0.15, -0.1) is 0 Å². The number of anilines is 2. The molecule has 9 nitrogen and oxygen atoms in total. The number of carbonyl (C=O) groups is 1. The van der Waals surface area contributed by atoms with Crippen LogP contribution >= 0.6 is 0 Å². The predicted molar refractivity (Wildman–Crippen MR) is 116 cm³/mol. The van der Waals surface area contributed by atoms with Gasteiger partial charge >= 0.3 is 6.09 Å². The van der Waals surface area contributed by atoms with Gasteiger partial charge in [-0.25, -0.2) is 14.8 Å². The van der Waals surface area contributed by atoms with Crippen LogP contribution in [-0.4, -0.2) is 38.0 Å². The van der Waals surface area contributed by atoms with Crippen LogP contribution < -0.4 is 10.6 Å². The average Bonchev–Trinajstić information content (AvgIpc) is 3.11. The summed E-state index contributed by atoms with van der Waals surface area (Å²) in [6.07, 6.45) is 4.82. The van der Waals surface area contributed by atoms with Crippen molar-refractivity contribution in [1.29, 1.82) is 0 Å². The van der Waals surface area contributed by atoms with E-state index in [1.54, 1.807) is 17.1 Å². The number of benzene rings is 1. The molecule has 1 unspecified atom stereocenters. The van der Waals surface area contributed by atoms with Gasteiger partial charge in [0, 0.05) is 25.0 Å². The summed E-state index contributed by atoms with van der Waals surface area (Å²) in [7, 11) is 1.85. The Kier molecular flexibility index (Phi) is 5.60. The van der Waals surface area contributed by atoms with Crippen molar-refractivity contribution in [3.05, 3.63) is 54.0 Å². The number of aryl methyl sites for hydroxylation is 1. The Hall–Kier alpha value is -3.46. The number of carbonyl (C=O) groups excluding carboxylic acids is 1. The SMILES string of the molecule is Cn1cc(Nc2nccc(-c3ccc4c(c3)COCC4NC(=O)OC(C)(C)C)n2)cn1. The molecule has 0 saturated carbocycles. The fraction of sp³-hybridized carbons (Fsp3) is 0.364. The monoisotopic (exact) mass is 422 g/mol. The second-order valence-corrected chi connectivity index (χ2v) is 8.42. The van der Waals surface area contributed by atoms with Crippen molar-refractivity contribution in [2.75, 3.05) is 11.9 Å². The summed E-state index contributed by atoms with van der Waals surface area (Å²) in [6, 6.07) is 7.63. The van der Waals surface area contributed by atoms with Gasteiger partial charge in [-0.2, -0.15) is 5.10 Å². The molecule has 0 fully saturated rings. The summed E-state index contributed by atoms with van der Waals surface area (Å²) < 4.78 is 12.8. The molecule has 0 saturated heterocycles. The normalized spacial score (nSPS) is 15.8. The van der Waals surface area contributed by atoms with Crippen LogP contribution in [0.15, 0.2) is 42.9 Å². The smallest absolute Gasteiger partial charge is 0.408 e. The summed E-state index contributed by atoms with van der Waals surface area (Å²) in [4.78, 5) is 21.1. The summed E-state index contributed by atoms with van der Waals surface area (Å²) in [5, 5.41) is 10.2. The van der Waals surface area contributed by atoms with E-state index in [1.807, 2.05) is 58.3 Å². The number of fused-ring (bicyclic) bond motifs is 1. The Morgan fingerprint density at radius 3 is 2.87 bits per heavy atom. The highest BCUT2D eigenvalue weighted by molar-refractivity contribution is 5.69. The molecule has 0 bridgehead atoms. The minimum absolute atomic E-state index is 0.263. The molecule has 1 atom stereocenters. The lowest BCUT2D eigenvalue weighted by atomic mass is 9.96. The van der Waals surface area contributed by atoms with Gasteiger partial charge in [0.2, 0.25) is 5.95 Å². The number of hydrogen-bond acceptors (Lipinski definition) is 7. The standard InChI is InChI=1S/C22H26N6O3/c1-22(2,3)31-21(29)27-19-13-30-12-15-9-14(5-6-17(15)19)18-7-8-23-20(26-18)25-16-10-24-28(4)11-16/h5-11,19H,12-13H2,1-4H3,(H,27,29)(H,23,25,26). The Labute approximate surface area is 180 Å². The number of aromatic nitrogens is 4. The van der Waals surface area contributed by atoms with E-state index in [0.717, 1.165) is 28.1 Å². The number of nitrogens with one attached hydrogen (secondary N) is 2. The van der Waals surface area contributed by atoms with E-state index in [-0.39, 0.29) is 6.04 Å². The highest BCUT2D eigenvalue weighted by atomic mass is 16.6. The van der Waals surface area contributed by atoms with Crippen LogP contribution in [-0.2, 0) is 23.1 Å². The minimum Gasteiger partial charge on any atom is -0.444 e. The van der Waals surface area contributed by atoms with E-state index in [2.05, 4.69) is 25.7 Å². The van der Waals surface area contributed by atoms with E-state index in [1.165, 1.54) is 0 Å². The third kappa shape index (κ3) is 5.18. The molecule has 1 amide bonds. The number of ether oxygens (including phenoxy) is 2. The molecule has 3 aromatic rings. The Morgan fingerprint density at radius 1 is 1.29 bits per heavy atom. The lowest BCUT2D eigenvalue weighted by molar-refractivity contribution is 0.0390. The number of rotatable bonds is 4. The van der Waals surface area contributed by atoms with Gasteiger partial charge in [-0.05, 0) is 44.0 Å². The van der Waals surface area contributed by atoms with Crippen molar-refractivity contribution < 1.29 is 14.3 Å². The maximum Gasteiger partial charge on any atom is 0.408 e. The summed E-state index contributed by atoms with van der Waals surface area (Å²) in [6.45, 7) is 6.38. The molecule has 2 N–H and O–H groups in total. The average molecular weight is 422 g/mol. The van der Waals surface area contributed by atoms with Gasteiger partial charge in [0.25, 0.3) is 0 Å². The first kappa shape index (κ1) is 20.8. The van der Waals surface area contributed by atoms with Crippen LogP contribution in [0.4, 0.5) is 16.4 Å². The van der Waals surface area contributed by atoms with E-state index in [4.69, 9.17) is 9.47 Å². The van der Waals surface area contributed by atoms with Crippen molar-refractivity contribution in [1.82, 2.24) is 25.1 Å². The third-order valence-electron chi connectivity index (χ3n) is 4.66. The van der Waals surface area contributed by atoms with Crippen LogP contribution in [0.25, 0.3) is 11.3 Å². The molecular formula is C22H26N6O3. The fourth-order valence-electron chi connectivity index (χ4n) is 3.37. The second-order valence-electron chi connectivity index (χ2n) is 8.42. The topological polar surface area (TPSA) is 103 Å². The zero-order valence-electron chi connectivity index (χ0n) is 18.0. The third-order valence-corrected chi connectivity index (χ3v) is 4.66. The Balaban J connectivity index is 1.53. The van der Waals surface area contributed by atoms with Gasteiger partial charge in [0.05, 0.1) is 36.8 Å². The molecule has 31 heavy (non-hydrogen) atoms. The molecule has 3 heterocycles. The maximum atomic E-state index is 12.2. The van der Waals surface area contributed by atoms with Crippen molar-refractivity contribution in [3.63, 3.8) is 0 Å². The maximum absolute atomic E-state index is 12.2. The van der Waals surface area contributed by atoms with Crippen LogP contribution in [0.1, 0.15) is 37.9 Å². The first-order chi connectivity index (χ1) is 14.8. The number of alkyl carbamates (subject to hydrolysis) is 1. The molecule has 0 aliphatic carbocycles. The van der Waals surface area contributed by atoms with E-state index in [0.29, 0.717) is 19.2 Å². The molecular weight excluding hydrogens is 396 g/mol. The summed E-state index contributed by atoms with van der Waals surface area (Å²) >= 11 is 0.